The van der Waals surface area contributed by atoms with Gasteiger partial charge in [-0.25, -0.2) is 4.98 Å². The van der Waals surface area contributed by atoms with Gasteiger partial charge >= 0.3 is 0 Å². The number of pyridine rings is 1. The fourth-order valence-corrected chi connectivity index (χ4v) is 2.98. The van der Waals surface area contributed by atoms with Gasteiger partial charge in [-0.2, -0.15) is 0 Å². The van der Waals surface area contributed by atoms with Crippen molar-refractivity contribution >= 4 is 22.2 Å². The van der Waals surface area contributed by atoms with E-state index in [-0.39, 0.29) is 0 Å². The van der Waals surface area contributed by atoms with Gasteiger partial charge in [-0.15, -0.1) is 11.3 Å². The molecule has 3 rings (SSSR count). The molecule has 1 N–H and O–H groups in total. The molecule has 2 heterocycles. The summed E-state index contributed by atoms with van der Waals surface area (Å²) in [6.45, 7) is 3.07. The van der Waals surface area contributed by atoms with E-state index < -0.39 is 0 Å². The van der Waals surface area contributed by atoms with E-state index in [0.717, 1.165) is 24.2 Å². The van der Waals surface area contributed by atoms with E-state index in [9.17, 15) is 0 Å². The van der Waals surface area contributed by atoms with Crippen molar-refractivity contribution in [3.8, 4) is 0 Å². The third-order valence-corrected chi connectivity index (χ3v) is 4.06. The molecule has 0 radical (unpaired) electrons. The minimum absolute atomic E-state index is 0.296. The largest absolute Gasteiger partial charge is 0.308 e. The molecule has 102 valence electrons. The molecule has 0 saturated heterocycles. The van der Waals surface area contributed by atoms with Crippen LogP contribution in [0.5, 0.6) is 0 Å². The third kappa shape index (κ3) is 2.86. The highest BCUT2D eigenvalue weighted by Gasteiger charge is 2.07. The number of hydrogen-bond donors (Lipinski definition) is 1. The second kappa shape index (κ2) is 6.11. The van der Waals surface area contributed by atoms with Crippen LogP contribution in [0.2, 0.25) is 0 Å². The molecule has 2 aromatic heterocycles. The minimum Gasteiger partial charge on any atom is -0.308 e. The molecule has 4 heteroatoms. The molecule has 20 heavy (non-hydrogen) atoms. The van der Waals surface area contributed by atoms with Crippen molar-refractivity contribution in [2.45, 2.75) is 19.4 Å². The molecule has 3 aromatic rings. The molecule has 0 amide bonds. The van der Waals surface area contributed by atoms with Gasteiger partial charge in [0.2, 0.25) is 0 Å². The lowest BCUT2D eigenvalue weighted by Gasteiger charge is -2.12. The molecule has 0 bridgehead atoms. The zero-order valence-corrected chi connectivity index (χ0v) is 12.2. The van der Waals surface area contributed by atoms with Crippen LogP contribution in [0.25, 0.3) is 10.9 Å². The van der Waals surface area contributed by atoms with Gasteiger partial charge in [-0.3, -0.25) is 4.98 Å². The topological polar surface area (TPSA) is 37.8 Å². The molecule has 0 aliphatic rings. The fraction of sp³-hybridized carbons (Fsp3) is 0.250. The number of para-hydroxylation sites is 1. The van der Waals surface area contributed by atoms with Crippen molar-refractivity contribution in [1.82, 2.24) is 15.3 Å². The predicted molar refractivity (Wildman–Crippen MR) is 84.0 cm³/mol. The molecular formula is C16H17N3S. The first-order valence-electron chi connectivity index (χ1n) is 6.78. The van der Waals surface area contributed by atoms with E-state index in [1.807, 2.05) is 17.8 Å². The number of aromatic nitrogens is 2. The molecule has 0 aliphatic carbocycles. The molecule has 1 aromatic carbocycles. The highest BCUT2D eigenvalue weighted by atomic mass is 32.1. The standard InChI is InChI=1S/C16H17N3S/c1-12(15-10-20-11-19-15)17-9-7-14-5-2-4-13-6-3-8-18-16(13)14/h2-6,8,10-12,17H,7,9H2,1H3. The Morgan fingerprint density at radius 1 is 1.20 bits per heavy atom. The highest BCUT2D eigenvalue weighted by Crippen LogP contribution is 2.17. The van der Waals surface area contributed by atoms with Crippen molar-refractivity contribution in [2.75, 3.05) is 6.54 Å². The molecule has 0 aliphatic heterocycles. The van der Waals surface area contributed by atoms with Gasteiger partial charge in [-0.05, 0) is 31.5 Å². The second-order valence-corrected chi connectivity index (χ2v) is 5.55. The lowest BCUT2D eigenvalue weighted by molar-refractivity contribution is 0.567. The van der Waals surface area contributed by atoms with Gasteiger partial charge in [0, 0.05) is 23.0 Å². The number of thiazole rings is 1. The van der Waals surface area contributed by atoms with Gasteiger partial charge in [0.25, 0.3) is 0 Å². The number of hydrogen-bond acceptors (Lipinski definition) is 4. The van der Waals surface area contributed by atoms with E-state index in [1.54, 1.807) is 11.3 Å². The van der Waals surface area contributed by atoms with Gasteiger partial charge in [0.1, 0.15) is 0 Å². The van der Waals surface area contributed by atoms with Gasteiger partial charge in [0.05, 0.1) is 16.7 Å². The first-order valence-corrected chi connectivity index (χ1v) is 7.73. The number of nitrogens with one attached hydrogen (secondary N) is 1. The SMILES string of the molecule is CC(NCCc1cccc2cccnc12)c1cscn1. The van der Waals surface area contributed by atoms with Crippen LogP contribution in [0.15, 0.2) is 47.4 Å². The van der Waals surface area contributed by atoms with E-state index in [0.29, 0.717) is 6.04 Å². The Kier molecular flexibility index (Phi) is 4.04. The smallest absolute Gasteiger partial charge is 0.0795 e. The van der Waals surface area contributed by atoms with Crippen LogP contribution < -0.4 is 5.32 Å². The summed E-state index contributed by atoms with van der Waals surface area (Å²) in [7, 11) is 0. The maximum Gasteiger partial charge on any atom is 0.0795 e. The van der Waals surface area contributed by atoms with Crippen molar-refractivity contribution in [2.24, 2.45) is 0 Å². The van der Waals surface area contributed by atoms with Crippen LogP contribution in [-0.4, -0.2) is 16.5 Å². The Morgan fingerprint density at radius 2 is 2.10 bits per heavy atom. The Balaban J connectivity index is 1.66. The second-order valence-electron chi connectivity index (χ2n) is 4.83. The molecule has 0 saturated carbocycles. The summed E-state index contributed by atoms with van der Waals surface area (Å²) in [6, 6.07) is 10.8. The van der Waals surface area contributed by atoms with Gasteiger partial charge < -0.3 is 5.32 Å². The van der Waals surface area contributed by atoms with Crippen LogP contribution in [0.1, 0.15) is 24.2 Å². The number of fused-ring (bicyclic) bond motifs is 1. The minimum atomic E-state index is 0.296. The molecule has 1 atom stereocenters. The van der Waals surface area contributed by atoms with Gasteiger partial charge in [-0.1, -0.05) is 24.3 Å². The maximum absolute atomic E-state index is 4.49. The normalized spacial score (nSPS) is 12.7. The molecule has 0 spiro atoms. The van der Waals surface area contributed by atoms with Crippen LogP contribution in [0.4, 0.5) is 0 Å². The van der Waals surface area contributed by atoms with Crippen LogP contribution >= 0.6 is 11.3 Å². The summed E-state index contributed by atoms with van der Waals surface area (Å²) < 4.78 is 0. The van der Waals surface area contributed by atoms with Crippen LogP contribution in [0, 0.1) is 0 Å². The third-order valence-electron chi connectivity index (χ3n) is 3.46. The van der Waals surface area contributed by atoms with E-state index >= 15 is 0 Å². The lowest BCUT2D eigenvalue weighted by Crippen LogP contribution is -2.21. The van der Waals surface area contributed by atoms with E-state index in [4.69, 9.17) is 0 Å². The average molecular weight is 283 g/mol. The van der Waals surface area contributed by atoms with E-state index in [2.05, 4.69) is 51.9 Å². The summed E-state index contributed by atoms with van der Waals surface area (Å²) in [5, 5.41) is 6.82. The summed E-state index contributed by atoms with van der Waals surface area (Å²) in [5.74, 6) is 0. The predicted octanol–water partition coefficient (Wildman–Crippen LogP) is 3.58. The summed E-state index contributed by atoms with van der Waals surface area (Å²) in [6.07, 6.45) is 2.83. The maximum atomic E-state index is 4.49. The van der Waals surface area contributed by atoms with Crippen molar-refractivity contribution in [3.63, 3.8) is 0 Å². The quantitative estimate of drug-likeness (QED) is 0.777. The van der Waals surface area contributed by atoms with Crippen molar-refractivity contribution < 1.29 is 0 Å². The van der Waals surface area contributed by atoms with E-state index in [1.165, 1.54) is 10.9 Å². The van der Waals surface area contributed by atoms with Gasteiger partial charge in [0.15, 0.2) is 0 Å². The Morgan fingerprint density at radius 3 is 2.95 bits per heavy atom. The Hall–Kier alpha value is -1.78. The fourth-order valence-electron chi connectivity index (χ4n) is 2.33. The number of rotatable bonds is 5. The molecule has 3 nitrogen and oxygen atoms in total. The Labute approximate surface area is 122 Å². The zero-order chi connectivity index (χ0) is 13.8. The first-order chi connectivity index (χ1) is 9.84. The first kappa shape index (κ1) is 13.2. The zero-order valence-electron chi connectivity index (χ0n) is 11.4. The molecule has 1 unspecified atom stereocenters. The lowest BCUT2D eigenvalue weighted by atomic mass is 10.1. The average Bonchev–Trinajstić information content (AvgIpc) is 3.02. The van der Waals surface area contributed by atoms with Crippen LogP contribution in [-0.2, 0) is 6.42 Å². The molecule has 0 fully saturated rings. The van der Waals surface area contributed by atoms with Crippen molar-refractivity contribution in [3.05, 3.63) is 58.7 Å². The summed E-state index contributed by atoms with van der Waals surface area (Å²) in [4.78, 5) is 8.83. The summed E-state index contributed by atoms with van der Waals surface area (Å²) >= 11 is 1.64. The monoisotopic (exact) mass is 283 g/mol. The number of nitrogens with zero attached hydrogens (tertiary/aromatic N) is 2. The number of benzene rings is 1. The van der Waals surface area contributed by atoms with Crippen LogP contribution in [0.3, 0.4) is 0 Å². The Bertz CT molecular complexity index is 674. The van der Waals surface area contributed by atoms with Crippen molar-refractivity contribution in [1.29, 1.82) is 0 Å². The summed E-state index contributed by atoms with van der Waals surface area (Å²) in [5.41, 5.74) is 5.40. The molecular weight excluding hydrogens is 266 g/mol. The highest BCUT2D eigenvalue weighted by molar-refractivity contribution is 7.07.